The molecule has 0 radical (unpaired) electrons. The number of carbonyl (C=O) groups is 1. The van der Waals surface area contributed by atoms with E-state index in [1.54, 1.807) is 30.3 Å². The van der Waals surface area contributed by atoms with Crippen molar-refractivity contribution in [3.05, 3.63) is 48.0 Å². The normalized spacial score (nSPS) is 11.5. The zero-order valence-electron chi connectivity index (χ0n) is 10.9. The number of hydrogen-bond donors (Lipinski definition) is 2. The summed E-state index contributed by atoms with van der Waals surface area (Å²) in [6.45, 7) is 0. The van der Waals surface area contributed by atoms with Gasteiger partial charge in [-0.3, -0.25) is 9.35 Å². The van der Waals surface area contributed by atoms with Crippen LogP contribution in [0.2, 0.25) is 0 Å². The number of amides is 1. The summed E-state index contributed by atoms with van der Waals surface area (Å²) in [5.74, 6) is -0.399. The highest BCUT2D eigenvalue weighted by molar-refractivity contribution is 7.86. The molecule has 0 aliphatic carbocycles. The maximum atomic E-state index is 12.1. The van der Waals surface area contributed by atoms with Gasteiger partial charge in [-0.2, -0.15) is 8.42 Å². The summed E-state index contributed by atoms with van der Waals surface area (Å²) in [4.78, 5) is 11.7. The third-order valence-electron chi connectivity index (χ3n) is 2.94. The molecule has 3 aromatic rings. The van der Waals surface area contributed by atoms with Crippen molar-refractivity contribution < 1.29 is 22.4 Å². The fraction of sp³-hybridized carbons (Fsp3) is 0. The molecule has 0 aliphatic heterocycles. The second-order valence-corrected chi connectivity index (χ2v) is 5.76. The number of nitrogens with one attached hydrogen (secondary N) is 1. The number of aromatic nitrogens is 2. The summed E-state index contributed by atoms with van der Waals surface area (Å²) >= 11 is 0. The van der Waals surface area contributed by atoms with E-state index in [0.29, 0.717) is 5.56 Å². The van der Waals surface area contributed by atoms with Crippen LogP contribution in [0, 0.1) is 0 Å². The van der Waals surface area contributed by atoms with Crippen LogP contribution in [-0.4, -0.2) is 29.2 Å². The monoisotopic (exact) mass is 319 g/mol. The number of nitrogens with zero attached hydrogens (tertiary/aromatic N) is 2. The van der Waals surface area contributed by atoms with E-state index in [4.69, 9.17) is 4.55 Å². The molecule has 0 saturated heterocycles. The van der Waals surface area contributed by atoms with Crippen LogP contribution in [0.1, 0.15) is 10.4 Å². The Morgan fingerprint density at radius 2 is 1.73 bits per heavy atom. The molecule has 0 spiro atoms. The number of hydrogen-bond acceptors (Lipinski definition) is 6. The molecule has 22 heavy (non-hydrogen) atoms. The molecule has 1 heterocycles. The van der Waals surface area contributed by atoms with Gasteiger partial charge in [-0.05, 0) is 34.6 Å². The van der Waals surface area contributed by atoms with Crippen molar-refractivity contribution in [2.24, 2.45) is 0 Å². The Balaban J connectivity index is 2.03. The van der Waals surface area contributed by atoms with E-state index in [2.05, 4.69) is 20.3 Å². The first-order chi connectivity index (χ1) is 10.5. The third-order valence-corrected chi connectivity index (χ3v) is 3.83. The van der Waals surface area contributed by atoms with Crippen molar-refractivity contribution in [3.63, 3.8) is 0 Å². The Morgan fingerprint density at radius 3 is 2.41 bits per heavy atom. The summed E-state index contributed by atoms with van der Waals surface area (Å²) < 4.78 is 36.2. The molecule has 0 saturated carbocycles. The predicted molar refractivity (Wildman–Crippen MR) is 76.0 cm³/mol. The second-order valence-electron chi connectivity index (χ2n) is 4.37. The van der Waals surface area contributed by atoms with E-state index in [1.807, 2.05) is 0 Å². The lowest BCUT2D eigenvalue weighted by molar-refractivity contribution is 0.102. The minimum Gasteiger partial charge on any atom is -0.320 e. The van der Waals surface area contributed by atoms with Crippen LogP contribution in [0.15, 0.2) is 52.0 Å². The zero-order chi connectivity index (χ0) is 15.7. The minimum absolute atomic E-state index is 0.0272. The first-order valence-electron chi connectivity index (χ1n) is 6.06. The van der Waals surface area contributed by atoms with Crippen molar-refractivity contribution >= 4 is 32.7 Å². The number of rotatable bonds is 3. The van der Waals surface area contributed by atoms with Gasteiger partial charge in [-0.15, -0.1) is 0 Å². The molecule has 9 heteroatoms. The largest absolute Gasteiger partial charge is 0.320 e. The van der Waals surface area contributed by atoms with Gasteiger partial charge in [0.05, 0.1) is 5.69 Å². The maximum Gasteiger partial charge on any atom is 0.296 e. The molecule has 8 nitrogen and oxygen atoms in total. The smallest absolute Gasteiger partial charge is 0.296 e. The lowest BCUT2D eigenvalue weighted by atomic mass is 10.2. The van der Waals surface area contributed by atoms with Gasteiger partial charge in [-0.1, -0.05) is 18.2 Å². The fourth-order valence-corrected chi connectivity index (χ4v) is 2.56. The van der Waals surface area contributed by atoms with Crippen molar-refractivity contribution in [3.8, 4) is 0 Å². The molecule has 112 valence electrons. The SMILES string of the molecule is O=C(Nc1ccc(S(=O)(=O)O)c2nonc12)c1ccccc1. The standard InChI is InChI=1S/C13H9N3O5S/c17-13(8-4-2-1-3-5-8)14-9-6-7-10(22(18,19)20)12-11(9)15-21-16-12/h1-7H,(H,14,17)(H,18,19,20). The Labute approximate surface area is 124 Å². The van der Waals surface area contributed by atoms with E-state index in [-0.39, 0.29) is 16.7 Å². The van der Waals surface area contributed by atoms with Gasteiger partial charge in [0.25, 0.3) is 16.0 Å². The first-order valence-corrected chi connectivity index (χ1v) is 7.50. The van der Waals surface area contributed by atoms with Gasteiger partial charge < -0.3 is 5.32 Å². The maximum absolute atomic E-state index is 12.1. The predicted octanol–water partition coefficient (Wildman–Crippen LogP) is 1.72. The molecule has 2 aromatic carbocycles. The molecule has 1 aromatic heterocycles. The Hall–Kier alpha value is -2.78. The van der Waals surface area contributed by atoms with E-state index in [0.717, 1.165) is 6.07 Å². The van der Waals surface area contributed by atoms with Crippen LogP contribution in [0.3, 0.4) is 0 Å². The Morgan fingerprint density at radius 1 is 1.05 bits per heavy atom. The average molecular weight is 319 g/mol. The van der Waals surface area contributed by atoms with Gasteiger partial charge >= 0.3 is 0 Å². The van der Waals surface area contributed by atoms with Crippen LogP contribution >= 0.6 is 0 Å². The molecule has 0 unspecified atom stereocenters. The van der Waals surface area contributed by atoms with Gasteiger partial charge in [0.2, 0.25) is 0 Å². The molecule has 0 bridgehead atoms. The summed E-state index contributed by atoms with van der Waals surface area (Å²) in [6.07, 6.45) is 0. The number of anilines is 1. The highest BCUT2D eigenvalue weighted by atomic mass is 32.2. The molecular formula is C13H9N3O5S. The minimum atomic E-state index is -4.47. The summed E-state index contributed by atoms with van der Waals surface area (Å²) in [6, 6.07) is 10.9. The number of carbonyl (C=O) groups excluding carboxylic acids is 1. The molecule has 3 rings (SSSR count). The second kappa shape index (κ2) is 5.20. The Kier molecular flexibility index (Phi) is 3.35. The molecule has 0 aliphatic rings. The number of fused-ring (bicyclic) bond motifs is 1. The third kappa shape index (κ3) is 2.54. The highest BCUT2D eigenvalue weighted by Gasteiger charge is 2.21. The molecular weight excluding hydrogens is 310 g/mol. The highest BCUT2D eigenvalue weighted by Crippen LogP contribution is 2.27. The van der Waals surface area contributed by atoms with E-state index in [1.165, 1.54) is 6.07 Å². The van der Waals surface area contributed by atoms with Crippen molar-refractivity contribution in [1.29, 1.82) is 0 Å². The van der Waals surface area contributed by atoms with Crippen LogP contribution in [0.5, 0.6) is 0 Å². The molecule has 2 N–H and O–H groups in total. The van der Waals surface area contributed by atoms with Crippen molar-refractivity contribution in [2.45, 2.75) is 4.90 Å². The van der Waals surface area contributed by atoms with Gasteiger partial charge in [0.1, 0.15) is 4.90 Å². The quantitative estimate of drug-likeness (QED) is 0.705. The zero-order valence-corrected chi connectivity index (χ0v) is 11.7. The molecule has 0 atom stereocenters. The topological polar surface area (TPSA) is 122 Å². The van der Waals surface area contributed by atoms with Crippen LogP contribution in [-0.2, 0) is 10.1 Å². The van der Waals surface area contributed by atoms with E-state index < -0.39 is 20.9 Å². The van der Waals surface area contributed by atoms with Gasteiger partial charge in [0.15, 0.2) is 11.0 Å². The lowest BCUT2D eigenvalue weighted by Crippen LogP contribution is -2.12. The summed E-state index contributed by atoms with van der Waals surface area (Å²) in [5, 5.41) is 9.60. The van der Waals surface area contributed by atoms with E-state index >= 15 is 0 Å². The van der Waals surface area contributed by atoms with Crippen LogP contribution in [0.25, 0.3) is 11.0 Å². The van der Waals surface area contributed by atoms with Crippen molar-refractivity contribution in [1.82, 2.24) is 10.3 Å². The number of benzene rings is 2. The van der Waals surface area contributed by atoms with E-state index in [9.17, 15) is 13.2 Å². The fourth-order valence-electron chi connectivity index (χ4n) is 1.94. The molecule has 0 fully saturated rings. The average Bonchev–Trinajstić information content (AvgIpc) is 2.96. The lowest BCUT2D eigenvalue weighted by Gasteiger charge is -2.06. The van der Waals surface area contributed by atoms with Crippen LogP contribution in [0.4, 0.5) is 5.69 Å². The Bertz CT molecular complexity index is 950. The van der Waals surface area contributed by atoms with Crippen LogP contribution < -0.4 is 5.32 Å². The summed E-state index contributed by atoms with van der Waals surface area (Å²) in [5.41, 5.74) is 0.510. The summed E-state index contributed by atoms with van der Waals surface area (Å²) in [7, 11) is -4.47. The van der Waals surface area contributed by atoms with Crippen molar-refractivity contribution in [2.75, 3.05) is 5.32 Å². The van der Waals surface area contributed by atoms with Gasteiger partial charge in [-0.25, -0.2) is 4.63 Å². The first kappa shape index (κ1) is 14.2. The molecule has 1 amide bonds. The van der Waals surface area contributed by atoms with Gasteiger partial charge in [0, 0.05) is 5.56 Å².